The summed E-state index contributed by atoms with van der Waals surface area (Å²) in [6.45, 7) is 3.14. The molecule has 1 aliphatic rings. The minimum absolute atomic E-state index is 0.120. The van der Waals surface area contributed by atoms with Gasteiger partial charge in [0.2, 0.25) is 0 Å². The number of para-hydroxylation sites is 1. The molecule has 0 fully saturated rings. The zero-order chi connectivity index (χ0) is 14.8. The number of nitrogens with two attached hydrogens (primary N) is 1. The Morgan fingerprint density at radius 1 is 1.33 bits per heavy atom. The number of rotatable bonds is 4. The van der Waals surface area contributed by atoms with E-state index in [0.29, 0.717) is 18.2 Å². The summed E-state index contributed by atoms with van der Waals surface area (Å²) in [7, 11) is 0. The molecule has 2 unspecified atom stereocenters. The molecule has 21 heavy (non-hydrogen) atoms. The van der Waals surface area contributed by atoms with E-state index < -0.39 is 0 Å². The Hall–Kier alpha value is -1.71. The highest BCUT2D eigenvalue weighted by Gasteiger charge is 2.24. The van der Waals surface area contributed by atoms with Gasteiger partial charge in [0, 0.05) is 22.2 Å². The van der Waals surface area contributed by atoms with Crippen LogP contribution in [0.3, 0.4) is 0 Å². The van der Waals surface area contributed by atoms with Gasteiger partial charge in [-0.05, 0) is 31.2 Å². The van der Waals surface area contributed by atoms with E-state index in [1.54, 1.807) is 0 Å². The lowest BCUT2D eigenvalue weighted by molar-refractivity contribution is 0.246. The number of ether oxygens (including phenoxy) is 2. The SMILES string of the molecule is CC(N)c1cc(Cl)ccc1OCC1COc2ccccc21. The Morgan fingerprint density at radius 2 is 2.14 bits per heavy atom. The molecule has 0 amide bonds. The maximum absolute atomic E-state index is 6.02. The lowest BCUT2D eigenvalue weighted by Gasteiger charge is -2.16. The zero-order valence-corrected chi connectivity index (χ0v) is 12.6. The second-order valence-corrected chi connectivity index (χ2v) is 5.76. The molecule has 3 rings (SSSR count). The standard InChI is InChI=1S/C17H18ClNO2/c1-11(19)15-8-13(18)6-7-17(15)21-10-12-9-20-16-5-3-2-4-14(12)16/h2-8,11-12H,9-10,19H2,1H3. The van der Waals surface area contributed by atoms with Gasteiger partial charge in [0.1, 0.15) is 11.5 Å². The summed E-state index contributed by atoms with van der Waals surface area (Å²) in [5, 5.41) is 0.671. The van der Waals surface area contributed by atoms with Crippen molar-refractivity contribution >= 4 is 11.6 Å². The zero-order valence-electron chi connectivity index (χ0n) is 11.9. The van der Waals surface area contributed by atoms with Crippen molar-refractivity contribution in [3.05, 3.63) is 58.6 Å². The molecule has 0 saturated heterocycles. The predicted octanol–water partition coefficient (Wildman–Crippen LogP) is 3.91. The topological polar surface area (TPSA) is 44.5 Å². The largest absolute Gasteiger partial charge is 0.493 e. The molecule has 0 spiro atoms. The van der Waals surface area contributed by atoms with Crippen molar-refractivity contribution in [1.82, 2.24) is 0 Å². The summed E-state index contributed by atoms with van der Waals surface area (Å²) in [6, 6.07) is 13.5. The summed E-state index contributed by atoms with van der Waals surface area (Å²) in [5.41, 5.74) is 8.11. The van der Waals surface area contributed by atoms with E-state index >= 15 is 0 Å². The first-order valence-corrected chi connectivity index (χ1v) is 7.42. The predicted molar refractivity (Wildman–Crippen MR) is 84.2 cm³/mol. The van der Waals surface area contributed by atoms with Gasteiger partial charge in [-0.2, -0.15) is 0 Å². The molecule has 2 aromatic carbocycles. The quantitative estimate of drug-likeness (QED) is 0.931. The van der Waals surface area contributed by atoms with E-state index in [2.05, 4.69) is 6.07 Å². The summed E-state index contributed by atoms with van der Waals surface area (Å²) < 4.78 is 11.6. The van der Waals surface area contributed by atoms with Crippen LogP contribution in [0.1, 0.15) is 30.0 Å². The number of fused-ring (bicyclic) bond motifs is 1. The molecule has 2 aromatic rings. The molecule has 0 aliphatic carbocycles. The molecular formula is C17H18ClNO2. The molecule has 1 heterocycles. The fourth-order valence-electron chi connectivity index (χ4n) is 2.56. The van der Waals surface area contributed by atoms with Gasteiger partial charge in [-0.1, -0.05) is 29.8 Å². The number of hydrogen-bond donors (Lipinski definition) is 1. The van der Waals surface area contributed by atoms with Crippen LogP contribution in [0.5, 0.6) is 11.5 Å². The van der Waals surface area contributed by atoms with Crippen LogP contribution in [0.2, 0.25) is 5.02 Å². The molecule has 0 radical (unpaired) electrons. The van der Waals surface area contributed by atoms with Crippen LogP contribution in [0.4, 0.5) is 0 Å². The van der Waals surface area contributed by atoms with Gasteiger partial charge in [-0.3, -0.25) is 0 Å². The maximum atomic E-state index is 6.02. The van der Waals surface area contributed by atoms with Gasteiger partial charge in [-0.25, -0.2) is 0 Å². The maximum Gasteiger partial charge on any atom is 0.124 e. The first-order chi connectivity index (χ1) is 10.1. The second-order valence-electron chi connectivity index (χ2n) is 5.33. The Bertz CT molecular complexity index is 642. The third kappa shape index (κ3) is 2.99. The minimum Gasteiger partial charge on any atom is -0.493 e. The lowest BCUT2D eigenvalue weighted by atomic mass is 10.0. The third-order valence-electron chi connectivity index (χ3n) is 3.70. The molecular weight excluding hydrogens is 286 g/mol. The number of benzene rings is 2. The van der Waals surface area contributed by atoms with E-state index in [0.717, 1.165) is 17.1 Å². The Balaban J connectivity index is 1.75. The molecule has 0 aromatic heterocycles. The van der Waals surface area contributed by atoms with Gasteiger partial charge in [0.15, 0.2) is 0 Å². The first kappa shape index (κ1) is 14.2. The Morgan fingerprint density at radius 3 is 2.95 bits per heavy atom. The van der Waals surface area contributed by atoms with Crippen molar-refractivity contribution in [3.8, 4) is 11.5 Å². The van der Waals surface area contributed by atoms with Crippen molar-refractivity contribution in [2.24, 2.45) is 5.73 Å². The molecule has 2 atom stereocenters. The van der Waals surface area contributed by atoms with Crippen molar-refractivity contribution in [2.75, 3.05) is 13.2 Å². The summed E-state index contributed by atoms with van der Waals surface area (Å²) in [6.07, 6.45) is 0. The fourth-order valence-corrected chi connectivity index (χ4v) is 2.74. The molecule has 1 aliphatic heterocycles. The van der Waals surface area contributed by atoms with E-state index in [-0.39, 0.29) is 12.0 Å². The molecule has 0 saturated carbocycles. The average Bonchev–Trinajstić information content (AvgIpc) is 2.89. The van der Waals surface area contributed by atoms with Crippen LogP contribution >= 0.6 is 11.6 Å². The van der Waals surface area contributed by atoms with E-state index in [1.165, 1.54) is 5.56 Å². The molecule has 2 N–H and O–H groups in total. The molecule has 3 nitrogen and oxygen atoms in total. The van der Waals surface area contributed by atoms with Gasteiger partial charge in [-0.15, -0.1) is 0 Å². The van der Waals surface area contributed by atoms with Crippen molar-refractivity contribution < 1.29 is 9.47 Å². The molecule has 4 heteroatoms. The van der Waals surface area contributed by atoms with Crippen LogP contribution in [-0.4, -0.2) is 13.2 Å². The molecule has 0 bridgehead atoms. The van der Waals surface area contributed by atoms with Crippen LogP contribution < -0.4 is 15.2 Å². The van der Waals surface area contributed by atoms with E-state index in [4.69, 9.17) is 26.8 Å². The van der Waals surface area contributed by atoms with E-state index in [1.807, 2.05) is 43.3 Å². The van der Waals surface area contributed by atoms with Crippen molar-refractivity contribution in [2.45, 2.75) is 18.9 Å². The highest BCUT2D eigenvalue weighted by atomic mass is 35.5. The summed E-state index contributed by atoms with van der Waals surface area (Å²) in [4.78, 5) is 0. The normalized spacial score (nSPS) is 18.0. The monoisotopic (exact) mass is 303 g/mol. The van der Waals surface area contributed by atoms with Gasteiger partial charge >= 0.3 is 0 Å². The molecule has 110 valence electrons. The first-order valence-electron chi connectivity index (χ1n) is 7.04. The Kier molecular flexibility index (Phi) is 4.04. The van der Waals surface area contributed by atoms with E-state index in [9.17, 15) is 0 Å². The van der Waals surface area contributed by atoms with Crippen LogP contribution in [0.25, 0.3) is 0 Å². The fraction of sp³-hybridized carbons (Fsp3) is 0.294. The summed E-state index contributed by atoms with van der Waals surface area (Å²) in [5.74, 6) is 1.99. The highest BCUT2D eigenvalue weighted by Crippen LogP contribution is 2.35. The third-order valence-corrected chi connectivity index (χ3v) is 3.94. The smallest absolute Gasteiger partial charge is 0.124 e. The summed E-state index contributed by atoms with van der Waals surface area (Å²) >= 11 is 6.02. The lowest BCUT2D eigenvalue weighted by Crippen LogP contribution is -2.14. The van der Waals surface area contributed by atoms with Gasteiger partial charge in [0.05, 0.1) is 19.1 Å². The van der Waals surface area contributed by atoms with Crippen LogP contribution in [0, 0.1) is 0 Å². The minimum atomic E-state index is -0.120. The van der Waals surface area contributed by atoms with Gasteiger partial charge < -0.3 is 15.2 Å². The van der Waals surface area contributed by atoms with Crippen LogP contribution in [0.15, 0.2) is 42.5 Å². The highest BCUT2D eigenvalue weighted by molar-refractivity contribution is 6.30. The van der Waals surface area contributed by atoms with Gasteiger partial charge in [0.25, 0.3) is 0 Å². The average molecular weight is 304 g/mol. The Labute approximate surface area is 129 Å². The number of hydrogen-bond acceptors (Lipinski definition) is 3. The van der Waals surface area contributed by atoms with Crippen molar-refractivity contribution in [3.63, 3.8) is 0 Å². The van der Waals surface area contributed by atoms with Crippen LogP contribution in [-0.2, 0) is 0 Å². The van der Waals surface area contributed by atoms with Crippen molar-refractivity contribution in [1.29, 1.82) is 0 Å². The number of halogens is 1. The second kappa shape index (κ2) is 5.96.